The maximum atomic E-state index is 7.39. The molecule has 3 aromatic rings. The third-order valence-corrected chi connectivity index (χ3v) is 5.23. The summed E-state index contributed by atoms with van der Waals surface area (Å²) in [6.07, 6.45) is 0.176. The van der Waals surface area contributed by atoms with E-state index in [2.05, 4.69) is 84.1 Å². The first kappa shape index (κ1) is 16.2. The second kappa shape index (κ2) is 6.24. The van der Waals surface area contributed by atoms with E-state index < -0.39 is 0 Å². The molecule has 0 spiro atoms. The van der Waals surface area contributed by atoms with Crippen LogP contribution in [-0.4, -0.2) is 13.2 Å². The number of hydrogen-bond acceptors (Lipinski definition) is 2. The van der Waals surface area contributed by atoms with Gasteiger partial charge in [0.25, 0.3) is 0 Å². The minimum atomic E-state index is 0.176. The minimum absolute atomic E-state index is 0.176. The molecule has 0 N–H and O–H groups in total. The van der Waals surface area contributed by atoms with Gasteiger partial charge in [-0.1, -0.05) is 54.6 Å². The normalized spacial score (nSPS) is 15.7. The molecule has 26 heavy (non-hydrogen) atoms. The van der Waals surface area contributed by atoms with Gasteiger partial charge >= 0.3 is 0 Å². The summed E-state index contributed by atoms with van der Waals surface area (Å²) < 4.78 is 0. The van der Waals surface area contributed by atoms with Crippen LogP contribution in [0.2, 0.25) is 0 Å². The van der Waals surface area contributed by atoms with E-state index in [4.69, 9.17) is 6.57 Å². The minimum Gasteiger partial charge on any atom is -0.353 e. The highest BCUT2D eigenvalue weighted by molar-refractivity contribution is 5.92. The van der Waals surface area contributed by atoms with Crippen molar-refractivity contribution < 1.29 is 0 Å². The van der Waals surface area contributed by atoms with Gasteiger partial charge in [0.2, 0.25) is 0 Å². The molecule has 0 fully saturated rings. The molecule has 1 atom stereocenters. The molecular formula is C23H21N3. The molecule has 1 aliphatic rings. The van der Waals surface area contributed by atoms with E-state index in [1.165, 1.54) is 22.4 Å². The SMILES string of the molecule is [C-]#[N+]c1ccc2c(c1)N(c1c(C)cccc1-c1ccccc1)[C@@H](C)N2C. The third-order valence-electron chi connectivity index (χ3n) is 5.23. The quantitative estimate of drug-likeness (QED) is 0.519. The fourth-order valence-electron chi connectivity index (χ4n) is 3.79. The van der Waals surface area contributed by atoms with E-state index in [9.17, 15) is 0 Å². The van der Waals surface area contributed by atoms with Crippen LogP contribution in [0.1, 0.15) is 12.5 Å². The molecule has 128 valence electrons. The smallest absolute Gasteiger partial charge is 0.189 e. The van der Waals surface area contributed by atoms with Gasteiger partial charge in [-0.15, -0.1) is 0 Å². The molecule has 3 heteroatoms. The van der Waals surface area contributed by atoms with Crippen molar-refractivity contribution in [3.63, 3.8) is 0 Å². The average molecular weight is 339 g/mol. The van der Waals surface area contributed by atoms with E-state index in [-0.39, 0.29) is 6.17 Å². The van der Waals surface area contributed by atoms with Crippen molar-refractivity contribution in [2.45, 2.75) is 20.0 Å². The van der Waals surface area contributed by atoms with E-state index in [0.717, 1.165) is 11.4 Å². The highest BCUT2D eigenvalue weighted by atomic mass is 15.4. The van der Waals surface area contributed by atoms with Crippen LogP contribution in [0.15, 0.2) is 66.7 Å². The van der Waals surface area contributed by atoms with Crippen molar-refractivity contribution in [1.29, 1.82) is 0 Å². The zero-order valence-corrected chi connectivity index (χ0v) is 15.3. The van der Waals surface area contributed by atoms with E-state index in [0.29, 0.717) is 5.69 Å². The number of nitrogens with zero attached hydrogens (tertiary/aromatic N) is 3. The van der Waals surface area contributed by atoms with Crippen molar-refractivity contribution in [2.75, 3.05) is 16.8 Å². The molecule has 0 saturated carbocycles. The van der Waals surface area contributed by atoms with Gasteiger partial charge in [0.05, 0.1) is 23.6 Å². The van der Waals surface area contributed by atoms with Gasteiger partial charge in [-0.05, 0) is 37.1 Å². The topological polar surface area (TPSA) is 10.8 Å². The Morgan fingerprint density at radius 3 is 2.42 bits per heavy atom. The van der Waals surface area contributed by atoms with Crippen LogP contribution in [-0.2, 0) is 0 Å². The zero-order chi connectivity index (χ0) is 18.3. The molecular weight excluding hydrogens is 318 g/mol. The average Bonchev–Trinajstić information content (AvgIpc) is 2.92. The number of benzene rings is 3. The summed E-state index contributed by atoms with van der Waals surface area (Å²) in [6, 6.07) is 22.9. The lowest BCUT2D eigenvalue weighted by atomic mass is 9.99. The van der Waals surface area contributed by atoms with E-state index in [1.807, 2.05) is 18.2 Å². The lowest BCUT2D eigenvalue weighted by Gasteiger charge is -2.31. The van der Waals surface area contributed by atoms with Gasteiger partial charge in [0.1, 0.15) is 6.17 Å². The summed E-state index contributed by atoms with van der Waals surface area (Å²) in [7, 11) is 2.11. The van der Waals surface area contributed by atoms with Crippen LogP contribution in [0.5, 0.6) is 0 Å². The summed E-state index contributed by atoms with van der Waals surface area (Å²) >= 11 is 0. The van der Waals surface area contributed by atoms with Crippen molar-refractivity contribution in [2.24, 2.45) is 0 Å². The molecule has 0 aromatic heterocycles. The van der Waals surface area contributed by atoms with Crippen LogP contribution < -0.4 is 9.80 Å². The van der Waals surface area contributed by atoms with Gasteiger partial charge in [-0.2, -0.15) is 0 Å². The van der Waals surface area contributed by atoms with Crippen LogP contribution in [0.3, 0.4) is 0 Å². The van der Waals surface area contributed by atoms with Crippen LogP contribution in [0, 0.1) is 13.5 Å². The van der Waals surface area contributed by atoms with Gasteiger partial charge in [-0.25, -0.2) is 4.85 Å². The Labute approximate surface area is 154 Å². The molecule has 3 aromatic carbocycles. The van der Waals surface area contributed by atoms with Crippen molar-refractivity contribution in [3.8, 4) is 11.1 Å². The van der Waals surface area contributed by atoms with E-state index >= 15 is 0 Å². The summed E-state index contributed by atoms with van der Waals surface area (Å²) in [4.78, 5) is 8.26. The summed E-state index contributed by atoms with van der Waals surface area (Å²) in [5, 5.41) is 0. The number of rotatable bonds is 2. The summed E-state index contributed by atoms with van der Waals surface area (Å²) in [5.41, 5.74) is 7.78. The Bertz CT molecular complexity index is 1000. The number of aryl methyl sites for hydroxylation is 1. The highest BCUT2D eigenvalue weighted by Gasteiger charge is 2.33. The van der Waals surface area contributed by atoms with Gasteiger partial charge in [0, 0.05) is 12.6 Å². The van der Waals surface area contributed by atoms with Gasteiger partial charge in [0.15, 0.2) is 5.69 Å². The molecule has 3 nitrogen and oxygen atoms in total. The van der Waals surface area contributed by atoms with Crippen molar-refractivity contribution >= 4 is 22.7 Å². The Kier molecular flexibility index (Phi) is 3.89. The molecule has 1 aliphatic heterocycles. The molecule has 4 rings (SSSR count). The Hall–Kier alpha value is -3.25. The Balaban J connectivity index is 1.96. The third kappa shape index (κ3) is 2.43. The van der Waals surface area contributed by atoms with Crippen LogP contribution in [0.25, 0.3) is 16.0 Å². The molecule has 0 bridgehead atoms. The van der Waals surface area contributed by atoms with Crippen molar-refractivity contribution in [3.05, 3.63) is 83.7 Å². The Morgan fingerprint density at radius 2 is 1.69 bits per heavy atom. The standard InChI is InChI=1S/C23H21N3/c1-16-9-8-12-20(18-10-6-5-7-11-18)23(16)26-17(2)25(4)21-14-13-19(24-3)15-22(21)26/h5-15,17H,1-2,4H3/t17-/m0/s1. The first-order valence-corrected chi connectivity index (χ1v) is 8.80. The largest absolute Gasteiger partial charge is 0.353 e. The lowest BCUT2D eigenvalue weighted by Crippen LogP contribution is -2.36. The van der Waals surface area contributed by atoms with Crippen LogP contribution in [0.4, 0.5) is 22.7 Å². The molecule has 0 aliphatic carbocycles. The Morgan fingerprint density at radius 1 is 0.923 bits per heavy atom. The lowest BCUT2D eigenvalue weighted by molar-refractivity contribution is 0.733. The maximum Gasteiger partial charge on any atom is 0.189 e. The molecule has 0 amide bonds. The molecule has 0 saturated heterocycles. The first-order chi connectivity index (χ1) is 12.6. The number of para-hydroxylation sites is 1. The second-order valence-electron chi connectivity index (χ2n) is 6.73. The van der Waals surface area contributed by atoms with Gasteiger partial charge < -0.3 is 9.80 Å². The fourth-order valence-corrected chi connectivity index (χ4v) is 3.79. The summed E-state index contributed by atoms with van der Waals surface area (Å²) in [6.45, 7) is 11.8. The molecule has 1 heterocycles. The number of fused-ring (bicyclic) bond motifs is 1. The number of hydrogen-bond donors (Lipinski definition) is 0. The fraction of sp³-hybridized carbons (Fsp3) is 0.174. The predicted octanol–water partition coefficient (Wildman–Crippen LogP) is 6.15. The maximum absolute atomic E-state index is 7.39. The number of anilines is 3. The molecule has 0 unspecified atom stereocenters. The second-order valence-corrected chi connectivity index (χ2v) is 6.73. The van der Waals surface area contributed by atoms with Crippen LogP contribution >= 0.6 is 0 Å². The monoisotopic (exact) mass is 339 g/mol. The first-order valence-electron chi connectivity index (χ1n) is 8.80. The predicted molar refractivity (Wildman–Crippen MR) is 109 cm³/mol. The highest BCUT2D eigenvalue weighted by Crippen LogP contribution is 2.48. The molecule has 0 radical (unpaired) electrons. The van der Waals surface area contributed by atoms with E-state index in [1.54, 1.807) is 0 Å². The summed E-state index contributed by atoms with van der Waals surface area (Å²) in [5.74, 6) is 0. The van der Waals surface area contributed by atoms with Gasteiger partial charge in [-0.3, -0.25) is 0 Å². The van der Waals surface area contributed by atoms with Crippen molar-refractivity contribution in [1.82, 2.24) is 0 Å². The zero-order valence-electron chi connectivity index (χ0n) is 15.3.